The molecule has 0 fully saturated rings. The fraction of sp³-hybridized carbons (Fsp3) is 0.324. The smallest absolute Gasteiger partial charge is 0.388 e. The minimum atomic E-state index is -5.20. The Kier molecular flexibility index (Phi) is 13.7. The predicted octanol–water partition coefficient (Wildman–Crippen LogP) is 4.97. The average molecular weight is 783 g/mol. The normalized spacial score (nSPS) is 12.4. The zero-order valence-corrected chi connectivity index (χ0v) is 31.2. The van der Waals surface area contributed by atoms with E-state index in [0.717, 1.165) is 17.8 Å². The fourth-order valence-electron chi connectivity index (χ4n) is 5.73. The molecule has 53 heavy (non-hydrogen) atoms. The number of quaternary nitrogens is 1. The number of hydrogen-bond acceptors (Lipinski definition) is 6. The Bertz CT molecular complexity index is 2020. The van der Waals surface area contributed by atoms with E-state index in [4.69, 9.17) is 22.7 Å². The molecule has 14 nitrogen and oxygen atoms in total. The number of nitrogens with one attached hydrogen (secondary N) is 5. The van der Waals surface area contributed by atoms with Gasteiger partial charge in [-0.25, -0.2) is 4.79 Å². The summed E-state index contributed by atoms with van der Waals surface area (Å²) < 4.78 is 47.2. The van der Waals surface area contributed by atoms with Gasteiger partial charge in [-0.15, -0.1) is 42.6 Å². The minimum absolute atomic E-state index is 0. The molecule has 1 unspecified atom stereocenters. The Morgan fingerprint density at radius 3 is 1.87 bits per heavy atom. The number of halogens is 5. The van der Waals surface area contributed by atoms with Crippen molar-refractivity contribution in [3.05, 3.63) is 88.8 Å². The van der Waals surface area contributed by atoms with Crippen LogP contribution in [0.2, 0.25) is 0 Å². The van der Waals surface area contributed by atoms with Crippen molar-refractivity contribution in [1.82, 2.24) is 29.0 Å². The van der Waals surface area contributed by atoms with Crippen molar-refractivity contribution in [1.29, 1.82) is 5.41 Å². The number of nitrogens with two attached hydrogens (primary N) is 1. The highest BCUT2D eigenvalue weighted by molar-refractivity contribution is 6.18. The number of hydrogen-bond donors (Lipinski definition) is 6. The number of amides is 4. The molecular formula is C34H42Cl2F3N10O4+. The third-order valence-electron chi connectivity index (χ3n) is 8.38. The van der Waals surface area contributed by atoms with Crippen molar-refractivity contribution in [2.24, 2.45) is 26.9 Å². The molecule has 4 rings (SSSR count). The van der Waals surface area contributed by atoms with Crippen LogP contribution in [-0.2, 0) is 27.6 Å². The molecule has 7 N–H and O–H groups in total. The molecule has 1 aromatic carbocycles. The summed E-state index contributed by atoms with van der Waals surface area (Å²) in [6.07, 6.45) is -0.353. The molecule has 0 bridgehead atoms. The van der Waals surface area contributed by atoms with Gasteiger partial charge in [-0.1, -0.05) is 17.6 Å². The molecule has 19 heteroatoms. The van der Waals surface area contributed by atoms with E-state index in [1.165, 1.54) is 57.4 Å². The third kappa shape index (κ3) is 9.11. The first-order valence-corrected chi connectivity index (χ1v) is 16.6. The first kappa shape index (κ1) is 42.3. The number of aryl methyl sites for hydroxylation is 5. The van der Waals surface area contributed by atoms with Gasteiger partial charge in [-0.2, -0.15) is 0 Å². The standard InChI is InChI=1S/C34H40ClF3N10O4.ClH/c1-6-21-7-8-22(13-20(21)2)33(52)48(34(36,37)38,42-12-10-35)25-16-28(47(5)19-25)32(51)44-24-15-27(46(4)18-24)31(50)43-23-14-26(45(3)17-23)30(49)41-11-9-29(39)40;/h7-8,13-19,42H,6,9-12H2,1-5H3,(H5-,39,40,41,43,44,49,50,51);1H/p+1. The molecule has 0 saturated carbocycles. The van der Waals surface area contributed by atoms with Crippen molar-refractivity contribution in [3.63, 3.8) is 0 Å². The molecule has 0 aliphatic heterocycles. The Balaban J connectivity index is 0.00000756. The van der Waals surface area contributed by atoms with Crippen LogP contribution in [0.1, 0.15) is 66.3 Å². The second-order valence-corrected chi connectivity index (χ2v) is 12.5. The quantitative estimate of drug-likeness (QED) is 0.0263. The van der Waals surface area contributed by atoms with Crippen LogP contribution in [0.5, 0.6) is 0 Å². The molecule has 0 radical (unpaired) electrons. The number of carbonyl (C=O) groups excluding carboxylic acids is 4. The maximum atomic E-state index is 15.1. The first-order chi connectivity index (χ1) is 24.4. The van der Waals surface area contributed by atoms with Gasteiger partial charge < -0.3 is 35.4 Å². The highest BCUT2D eigenvalue weighted by atomic mass is 35.5. The van der Waals surface area contributed by atoms with Crippen molar-refractivity contribution < 1.29 is 32.3 Å². The molecule has 286 valence electrons. The lowest BCUT2D eigenvalue weighted by Crippen LogP contribution is -2.71. The number of alkyl halides is 4. The number of amidine groups is 1. The number of carbonyl (C=O) groups is 4. The lowest BCUT2D eigenvalue weighted by Gasteiger charge is -2.34. The summed E-state index contributed by atoms with van der Waals surface area (Å²) in [5.74, 6) is -3.41. The summed E-state index contributed by atoms with van der Waals surface area (Å²) in [4.78, 5) is 53.0. The number of nitrogens with zero attached hydrogens (tertiary/aromatic N) is 4. The van der Waals surface area contributed by atoms with Crippen LogP contribution in [0.15, 0.2) is 55.0 Å². The van der Waals surface area contributed by atoms with Crippen LogP contribution in [0, 0.1) is 12.3 Å². The molecule has 4 aromatic rings. The molecule has 0 saturated heterocycles. The van der Waals surface area contributed by atoms with Gasteiger partial charge >= 0.3 is 12.2 Å². The lowest BCUT2D eigenvalue weighted by molar-refractivity contribution is -0.234. The largest absolute Gasteiger partial charge is 0.592 e. The Labute approximate surface area is 314 Å². The number of aromatic nitrogens is 3. The van der Waals surface area contributed by atoms with Crippen molar-refractivity contribution in [2.45, 2.75) is 33.0 Å². The van der Waals surface area contributed by atoms with E-state index in [1.54, 1.807) is 27.1 Å². The maximum absolute atomic E-state index is 15.1. The Morgan fingerprint density at radius 2 is 1.38 bits per heavy atom. The molecule has 3 aromatic heterocycles. The molecule has 4 amide bonds. The summed E-state index contributed by atoms with van der Waals surface area (Å²) in [6.45, 7) is 3.39. The van der Waals surface area contributed by atoms with Gasteiger partial charge in [-0.05, 0) is 48.7 Å². The highest BCUT2D eigenvalue weighted by Crippen LogP contribution is 2.39. The van der Waals surface area contributed by atoms with E-state index in [0.29, 0.717) is 17.7 Å². The van der Waals surface area contributed by atoms with E-state index in [1.807, 2.05) is 6.92 Å². The summed E-state index contributed by atoms with van der Waals surface area (Å²) in [7, 11) is 4.55. The molecule has 0 spiro atoms. The summed E-state index contributed by atoms with van der Waals surface area (Å²) in [5, 5.41) is 15.2. The van der Waals surface area contributed by atoms with Crippen LogP contribution in [-0.4, -0.2) is 68.4 Å². The molecular weight excluding hydrogens is 740 g/mol. The van der Waals surface area contributed by atoms with Crippen LogP contribution in [0.3, 0.4) is 0 Å². The van der Waals surface area contributed by atoms with Gasteiger partial charge in [0.1, 0.15) is 17.1 Å². The van der Waals surface area contributed by atoms with E-state index in [2.05, 4.69) is 21.4 Å². The zero-order valence-electron chi connectivity index (χ0n) is 29.7. The average Bonchev–Trinajstić information content (AvgIpc) is 3.75. The number of anilines is 2. The summed E-state index contributed by atoms with van der Waals surface area (Å²) in [6, 6.07) is 8.19. The van der Waals surface area contributed by atoms with E-state index in [9.17, 15) is 19.2 Å². The topological polar surface area (TPSA) is 181 Å². The van der Waals surface area contributed by atoms with Crippen LogP contribution >= 0.6 is 24.0 Å². The van der Waals surface area contributed by atoms with E-state index < -0.39 is 40.2 Å². The molecule has 0 aliphatic carbocycles. The zero-order chi connectivity index (χ0) is 38.5. The van der Waals surface area contributed by atoms with E-state index in [-0.39, 0.29) is 72.0 Å². The van der Waals surface area contributed by atoms with Gasteiger partial charge in [0.15, 0.2) is 5.69 Å². The maximum Gasteiger partial charge on any atom is 0.592 e. The molecule has 1 atom stereocenters. The highest BCUT2D eigenvalue weighted by Gasteiger charge is 2.64. The first-order valence-electron chi connectivity index (χ1n) is 16.1. The molecule has 3 heterocycles. The lowest BCUT2D eigenvalue weighted by atomic mass is 10.0. The summed E-state index contributed by atoms with van der Waals surface area (Å²) in [5.41, 5.74) is 9.05. The monoisotopic (exact) mass is 781 g/mol. The van der Waals surface area contributed by atoms with E-state index >= 15 is 13.2 Å². The van der Waals surface area contributed by atoms with Crippen LogP contribution < -0.4 is 31.7 Å². The van der Waals surface area contributed by atoms with Crippen molar-refractivity contribution in [3.8, 4) is 0 Å². The second-order valence-electron chi connectivity index (χ2n) is 12.1. The second kappa shape index (κ2) is 17.2. The van der Waals surface area contributed by atoms with Gasteiger partial charge in [-0.3, -0.25) is 19.8 Å². The summed E-state index contributed by atoms with van der Waals surface area (Å²) >= 11 is 5.79. The number of rotatable bonds is 14. The van der Waals surface area contributed by atoms with Crippen molar-refractivity contribution >= 4 is 70.5 Å². The third-order valence-corrected chi connectivity index (χ3v) is 8.57. The minimum Gasteiger partial charge on any atom is -0.388 e. The molecule has 0 aliphatic rings. The van der Waals surface area contributed by atoms with Crippen molar-refractivity contribution in [2.75, 3.05) is 29.6 Å². The van der Waals surface area contributed by atoms with Gasteiger partial charge in [0.05, 0.1) is 35.5 Å². The Hall–Kier alpha value is -5.10. The fourth-order valence-corrected chi connectivity index (χ4v) is 5.81. The Morgan fingerprint density at radius 1 is 0.849 bits per heavy atom. The van der Waals surface area contributed by atoms with Crippen LogP contribution in [0.4, 0.5) is 30.2 Å². The SMILES string of the molecule is CCc1ccc(C(=O)[N+](NCCCl)(c2cc(C(=O)Nc3cc(C(=O)Nc4cc(C(=O)NCCC(=N)N)n(C)c4)n(C)c3)n(C)c2)C(F)(F)F)cc1C.Cl. The predicted molar refractivity (Wildman–Crippen MR) is 200 cm³/mol. The van der Waals surface area contributed by atoms with Gasteiger partial charge in [0.25, 0.3) is 17.7 Å². The van der Waals surface area contributed by atoms with Crippen LogP contribution in [0.25, 0.3) is 0 Å². The number of benzene rings is 1. The van der Waals surface area contributed by atoms with Gasteiger partial charge in [0, 0.05) is 58.4 Å². The van der Waals surface area contributed by atoms with Gasteiger partial charge in [0.2, 0.25) is 0 Å².